The third-order valence-electron chi connectivity index (χ3n) is 4.67. The van der Waals surface area contributed by atoms with E-state index in [9.17, 15) is 9.59 Å². The van der Waals surface area contributed by atoms with Crippen LogP contribution in [0.4, 0.5) is 0 Å². The highest BCUT2D eigenvalue weighted by molar-refractivity contribution is 9.10. The van der Waals surface area contributed by atoms with Crippen molar-refractivity contribution in [3.8, 4) is 11.5 Å². The van der Waals surface area contributed by atoms with Gasteiger partial charge in [-0.15, -0.1) is 0 Å². The fourth-order valence-electron chi connectivity index (χ4n) is 3.33. The first-order valence-electron chi connectivity index (χ1n) is 9.02. The van der Waals surface area contributed by atoms with E-state index >= 15 is 0 Å². The van der Waals surface area contributed by atoms with Crippen LogP contribution in [0.3, 0.4) is 0 Å². The highest BCUT2D eigenvalue weighted by atomic mass is 79.9. The molecule has 1 aliphatic heterocycles. The van der Waals surface area contributed by atoms with Crippen LogP contribution in [-0.2, 0) is 9.59 Å². The van der Waals surface area contributed by atoms with Crippen molar-refractivity contribution in [2.24, 2.45) is 5.10 Å². The summed E-state index contributed by atoms with van der Waals surface area (Å²) in [4.78, 5) is 23.7. The number of benzene rings is 2. The Morgan fingerprint density at radius 2 is 1.93 bits per heavy atom. The summed E-state index contributed by atoms with van der Waals surface area (Å²) in [6.45, 7) is 0. The molecule has 1 atom stereocenters. The molecule has 0 fully saturated rings. The zero-order valence-electron chi connectivity index (χ0n) is 16.1. The molecule has 3 rings (SSSR count). The number of ether oxygens (including phenoxy) is 2. The minimum atomic E-state index is -1.02. The van der Waals surface area contributed by atoms with Gasteiger partial charge < -0.3 is 14.6 Å². The first-order valence-corrected chi connectivity index (χ1v) is 9.82. The van der Waals surface area contributed by atoms with Crippen LogP contribution in [0.1, 0.15) is 36.4 Å². The molecule has 0 bridgehead atoms. The number of hydrogen-bond donors (Lipinski definition) is 1. The molecule has 1 amide bonds. The molecule has 7 nitrogen and oxygen atoms in total. The lowest BCUT2D eigenvalue weighted by atomic mass is 9.97. The number of carboxylic acid groups (broad SMARTS) is 1. The molecule has 0 radical (unpaired) electrons. The van der Waals surface area contributed by atoms with Gasteiger partial charge in [0.2, 0.25) is 5.91 Å². The van der Waals surface area contributed by atoms with Gasteiger partial charge in [-0.25, -0.2) is 5.01 Å². The van der Waals surface area contributed by atoms with Crippen molar-refractivity contribution in [2.45, 2.75) is 25.3 Å². The van der Waals surface area contributed by atoms with Crippen LogP contribution in [-0.4, -0.2) is 41.9 Å². The molecule has 0 saturated heterocycles. The van der Waals surface area contributed by atoms with Gasteiger partial charge in [-0.05, 0) is 23.8 Å². The monoisotopic (exact) mass is 460 g/mol. The minimum absolute atomic E-state index is 0.132. The minimum Gasteiger partial charge on any atom is -0.493 e. The number of aliphatic carboxylic acids is 1. The van der Waals surface area contributed by atoms with E-state index in [0.29, 0.717) is 17.9 Å². The third-order valence-corrected chi connectivity index (χ3v) is 5.16. The predicted octanol–water partition coefficient (Wildman–Crippen LogP) is 4.01. The second kappa shape index (κ2) is 9.09. The molecule has 2 aromatic rings. The summed E-state index contributed by atoms with van der Waals surface area (Å²) in [5.74, 6) is -0.294. The normalized spacial score (nSPS) is 15.8. The van der Waals surface area contributed by atoms with Crippen LogP contribution < -0.4 is 9.47 Å². The molecule has 0 unspecified atom stereocenters. The standard InChI is InChI=1S/C21H21BrN2O5/c1-28-18-8-4-7-15(21(18)29-2)17-12-16(13-5-3-6-14(22)11-13)23-24(17)19(25)9-10-20(26)27/h3-8,11,17H,9-10,12H2,1-2H3,(H,26,27)/t17-/m1/s1. The van der Waals surface area contributed by atoms with E-state index in [2.05, 4.69) is 21.0 Å². The molecule has 0 spiro atoms. The molecular formula is C21H21BrN2O5. The number of methoxy groups -OCH3 is 2. The Bertz CT molecular complexity index is 960. The van der Waals surface area contributed by atoms with Gasteiger partial charge in [0, 0.05) is 22.9 Å². The number of hydrogen-bond acceptors (Lipinski definition) is 5. The first-order chi connectivity index (χ1) is 13.9. The number of para-hydroxylation sites is 1. The zero-order valence-corrected chi connectivity index (χ0v) is 17.7. The lowest BCUT2D eigenvalue weighted by Crippen LogP contribution is -2.27. The van der Waals surface area contributed by atoms with Gasteiger partial charge >= 0.3 is 5.97 Å². The van der Waals surface area contributed by atoms with Crippen LogP contribution in [0.5, 0.6) is 11.5 Å². The third kappa shape index (κ3) is 4.59. The van der Waals surface area contributed by atoms with E-state index in [4.69, 9.17) is 14.6 Å². The SMILES string of the molecule is COc1cccc([C@H]2CC(c3cccc(Br)c3)=NN2C(=O)CCC(=O)O)c1OC. The Morgan fingerprint density at radius 1 is 1.17 bits per heavy atom. The van der Waals surface area contributed by atoms with Crippen molar-refractivity contribution < 1.29 is 24.2 Å². The van der Waals surface area contributed by atoms with Crippen molar-refractivity contribution in [3.63, 3.8) is 0 Å². The Hall–Kier alpha value is -2.87. The number of amides is 1. The fraction of sp³-hybridized carbons (Fsp3) is 0.286. The van der Waals surface area contributed by atoms with Crippen LogP contribution in [0.15, 0.2) is 52.0 Å². The molecule has 0 aromatic heterocycles. The maximum atomic E-state index is 12.8. The Labute approximate surface area is 177 Å². The van der Waals surface area contributed by atoms with Crippen molar-refractivity contribution in [2.75, 3.05) is 14.2 Å². The Morgan fingerprint density at radius 3 is 2.59 bits per heavy atom. The summed E-state index contributed by atoms with van der Waals surface area (Å²) in [7, 11) is 3.10. The van der Waals surface area contributed by atoms with Crippen molar-refractivity contribution in [3.05, 3.63) is 58.1 Å². The largest absolute Gasteiger partial charge is 0.493 e. The van der Waals surface area contributed by atoms with Gasteiger partial charge in [-0.3, -0.25) is 9.59 Å². The molecule has 29 heavy (non-hydrogen) atoms. The average Bonchev–Trinajstić information content (AvgIpc) is 3.16. The van der Waals surface area contributed by atoms with Gasteiger partial charge in [0.15, 0.2) is 11.5 Å². The second-order valence-electron chi connectivity index (χ2n) is 6.49. The van der Waals surface area contributed by atoms with Crippen LogP contribution in [0.25, 0.3) is 0 Å². The number of halogens is 1. The van der Waals surface area contributed by atoms with Crippen molar-refractivity contribution in [1.29, 1.82) is 0 Å². The number of carbonyl (C=O) groups excluding carboxylic acids is 1. The Kier molecular flexibility index (Phi) is 6.53. The van der Waals surface area contributed by atoms with Gasteiger partial charge in [0.05, 0.1) is 32.4 Å². The van der Waals surface area contributed by atoms with E-state index in [1.807, 2.05) is 36.4 Å². The van der Waals surface area contributed by atoms with Gasteiger partial charge in [0.25, 0.3) is 0 Å². The number of rotatable bonds is 7. The maximum Gasteiger partial charge on any atom is 0.303 e. The smallest absolute Gasteiger partial charge is 0.303 e. The van der Waals surface area contributed by atoms with Crippen LogP contribution >= 0.6 is 15.9 Å². The van der Waals surface area contributed by atoms with Gasteiger partial charge in [-0.1, -0.05) is 40.2 Å². The second-order valence-corrected chi connectivity index (χ2v) is 7.41. The summed E-state index contributed by atoms with van der Waals surface area (Å²) >= 11 is 3.46. The summed E-state index contributed by atoms with van der Waals surface area (Å²) in [6.07, 6.45) is 0.0885. The number of hydrazone groups is 1. The average molecular weight is 461 g/mol. The van der Waals surface area contributed by atoms with E-state index < -0.39 is 12.0 Å². The number of carbonyl (C=O) groups is 2. The zero-order chi connectivity index (χ0) is 21.0. The summed E-state index contributed by atoms with van der Waals surface area (Å²) < 4.78 is 11.8. The van der Waals surface area contributed by atoms with Crippen molar-refractivity contribution >= 4 is 33.5 Å². The summed E-state index contributed by atoms with van der Waals surface area (Å²) in [6, 6.07) is 12.7. The highest BCUT2D eigenvalue weighted by Crippen LogP contribution is 2.42. The Balaban J connectivity index is 2.01. The maximum absolute atomic E-state index is 12.8. The number of nitrogens with zero attached hydrogens (tertiary/aromatic N) is 2. The van der Waals surface area contributed by atoms with Crippen LogP contribution in [0, 0.1) is 0 Å². The van der Waals surface area contributed by atoms with E-state index in [-0.39, 0.29) is 18.7 Å². The number of carboxylic acids is 1. The quantitative estimate of drug-likeness (QED) is 0.673. The topological polar surface area (TPSA) is 88.4 Å². The van der Waals surface area contributed by atoms with Gasteiger partial charge in [0.1, 0.15) is 0 Å². The lowest BCUT2D eigenvalue weighted by Gasteiger charge is -2.24. The van der Waals surface area contributed by atoms with Crippen molar-refractivity contribution in [1.82, 2.24) is 5.01 Å². The molecule has 1 heterocycles. The molecule has 1 aliphatic rings. The van der Waals surface area contributed by atoms with E-state index in [0.717, 1.165) is 21.3 Å². The lowest BCUT2D eigenvalue weighted by molar-refractivity contribution is -0.141. The van der Waals surface area contributed by atoms with E-state index in [1.54, 1.807) is 20.3 Å². The summed E-state index contributed by atoms with van der Waals surface area (Å²) in [5.41, 5.74) is 2.38. The summed E-state index contributed by atoms with van der Waals surface area (Å²) in [5, 5.41) is 14.9. The molecule has 1 N–H and O–H groups in total. The van der Waals surface area contributed by atoms with Gasteiger partial charge in [-0.2, -0.15) is 5.10 Å². The molecule has 8 heteroatoms. The first kappa shape index (κ1) is 20.9. The highest BCUT2D eigenvalue weighted by Gasteiger charge is 2.35. The molecule has 0 saturated carbocycles. The van der Waals surface area contributed by atoms with Crippen LogP contribution in [0.2, 0.25) is 0 Å². The molecule has 152 valence electrons. The fourth-order valence-corrected chi connectivity index (χ4v) is 3.73. The predicted molar refractivity (Wildman–Crippen MR) is 111 cm³/mol. The molecule has 0 aliphatic carbocycles. The van der Waals surface area contributed by atoms with E-state index in [1.165, 1.54) is 5.01 Å². The molecule has 2 aromatic carbocycles. The molecular weight excluding hydrogens is 440 g/mol.